The molecule has 0 bridgehead atoms. The SMILES string of the molecule is CCCCC(=O)N1CCNCC1C(=O)NCCCOC. The largest absolute Gasteiger partial charge is 0.385 e. The lowest BCUT2D eigenvalue weighted by atomic mass is 10.1. The van der Waals surface area contributed by atoms with Gasteiger partial charge in [0.1, 0.15) is 6.04 Å². The molecule has 1 atom stereocenters. The van der Waals surface area contributed by atoms with Crippen molar-refractivity contribution in [1.29, 1.82) is 0 Å². The van der Waals surface area contributed by atoms with Gasteiger partial charge in [0.15, 0.2) is 0 Å². The summed E-state index contributed by atoms with van der Waals surface area (Å²) in [7, 11) is 1.64. The fourth-order valence-corrected chi connectivity index (χ4v) is 2.25. The van der Waals surface area contributed by atoms with Crippen molar-refractivity contribution in [2.24, 2.45) is 0 Å². The quantitative estimate of drug-likeness (QED) is 0.622. The van der Waals surface area contributed by atoms with Gasteiger partial charge in [-0.15, -0.1) is 0 Å². The van der Waals surface area contributed by atoms with Crippen molar-refractivity contribution in [3.05, 3.63) is 0 Å². The van der Waals surface area contributed by atoms with E-state index >= 15 is 0 Å². The summed E-state index contributed by atoms with van der Waals surface area (Å²) < 4.78 is 4.94. The van der Waals surface area contributed by atoms with E-state index < -0.39 is 0 Å². The molecule has 1 rings (SSSR count). The number of piperazine rings is 1. The average Bonchev–Trinajstić information content (AvgIpc) is 2.49. The molecule has 6 nitrogen and oxygen atoms in total. The number of unbranched alkanes of at least 4 members (excludes halogenated alkanes) is 1. The molecule has 0 saturated carbocycles. The molecule has 0 aromatic heterocycles. The third kappa shape index (κ3) is 5.46. The standard InChI is InChI=1S/C14H27N3O3/c1-3-4-6-13(18)17-9-8-15-11-12(17)14(19)16-7-5-10-20-2/h12,15H,3-11H2,1-2H3,(H,16,19). The predicted molar refractivity (Wildman–Crippen MR) is 77.4 cm³/mol. The number of hydrogen-bond acceptors (Lipinski definition) is 4. The lowest BCUT2D eigenvalue weighted by Crippen LogP contribution is -2.59. The van der Waals surface area contributed by atoms with E-state index in [0.29, 0.717) is 32.7 Å². The summed E-state index contributed by atoms with van der Waals surface area (Å²) in [6, 6.07) is -0.379. The molecule has 1 unspecified atom stereocenters. The van der Waals surface area contributed by atoms with Crippen LogP contribution in [0.1, 0.15) is 32.6 Å². The van der Waals surface area contributed by atoms with Gasteiger partial charge in [-0.2, -0.15) is 0 Å². The first-order valence-electron chi connectivity index (χ1n) is 7.47. The molecule has 0 radical (unpaired) electrons. The molecule has 1 saturated heterocycles. The average molecular weight is 285 g/mol. The zero-order chi connectivity index (χ0) is 14.8. The summed E-state index contributed by atoms with van der Waals surface area (Å²) in [5.74, 6) is 0.0172. The first kappa shape index (κ1) is 16.9. The molecule has 2 N–H and O–H groups in total. The van der Waals surface area contributed by atoms with Gasteiger partial charge in [0.05, 0.1) is 0 Å². The van der Waals surface area contributed by atoms with Gasteiger partial charge in [-0.3, -0.25) is 9.59 Å². The second kappa shape index (κ2) is 9.72. The Morgan fingerprint density at radius 2 is 2.20 bits per heavy atom. The Balaban J connectivity index is 2.46. The van der Waals surface area contributed by atoms with Gasteiger partial charge >= 0.3 is 0 Å². The molecule has 1 fully saturated rings. The molecule has 0 aliphatic carbocycles. The first-order chi connectivity index (χ1) is 9.70. The van der Waals surface area contributed by atoms with Gasteiger partial charge in [-0.25, -0.2) is 0 Å². The van der Waals surface area contributed by atoms with E-state index in [4.69, 9.17) is 4.74 Å². The number of ether oxygens (including phenoxy) is 1. The smallest absolute Gasteiger partial charge is 0.244 e. The Bertz CT molecular complexity index is 310. The summed E-state index contributed by atoms with van der Waals surface area (Å²) in [5.41, 5.74) is 0. The second-order valence-electron chi connectivity index (χ2n) is 5.05. The van der Waals surface area contributed by atoms with E-state index in [9.17, 15) is 9.59 Å². The number of amides is 2. The monoisotopic (exact) mass is 285 g/mol. The third-order valence-corrected chi connectivity index (χ3v) is 3.44. The molecule has 0 aromatic rings. The van der Waals surface area contributed by atoms with E-state index in [1.165, 1.54) is 0 Å². The number of carbonyl (C=O) groups is 2. The van der Waals surface area contributed by atoms with E-state index in [2.05, 4.69) is 17.6 Å². The Labute approximate surface area is 121 Å². The summed E-state index contributed by atoms with van der Waals surface area (Å²) in [6.45, 7) is 5.17. The Hall–Kier alpha value is -1.14. The third-order valence-electron chi connectivity index (χ3n) is 3.44. The topological polar surface area (TPSA) is 70.7 Å². The molecule has 0 aromatic carbocycles. The van der Waals surface area contributed by atoms with Crippen molar-refractivity contribution in [3.8, 4) is 0 Å². The van der Waals surface area contributed by atoms with Crippen LogP contribution in [0.15, 0.2) is 0 Å². The Morgan fingerprint density at radius 3 is 2.90 bits per heavy atom. The summed E-state index contributed by atoms with van der Waals surface area (Å²) >= 11 is 0. The number of nitrogens with zero attached hydrogens (tertiary/aromatic N) is 1. The molecule has 0 spiro atoms. The van der Waals surface area contributed by atoms with Crippen molar-refractivity contribution in [2.75, 3.05) is 39.9 Å². The van der Waals surface area contributed by atoms with Crippen LogP contribution in [0, 0.1) is 0 Å². The van der Waals surface area contributed by atoms with Crippen LogP contribution in [0.3, 0.4) is 0 Å². The molecule has 20 heavy (non-hydrogen) atoms. The molecular weight excluding hydrogens is 258 g/mol. The molecule has 2 amide bonds. The molecule has 116 valence electrons. The van der Waals surface area contributed by atoms with Crippen LogP contribution in [0.4, 0.5) is 0 Å². The number of nitrogens with one attached hydrogen (secondary N) is 2. The van der Waals surface area contributed by atoms with Gasteiger partial charge in [0.25, 0.3) is 0 Å². The summed E-state index contributed by atoms with van der Waals surface area (Å²) in [4.78, 5) is 26.0. The highest BCUT2D eigenvalue weighted by Crippen LogP contribution is 2.08. The minimum absolute atomic E-state index is 0.0712. The van der Waals surface area contributed by atoms with Crippen LogP contribution < -0.4 is 10.6 Å². The lowest BCUT2D eigenvalue weighted by Gasteiger charge is -2.35. The molecule has 1 aliphatic rings. The molecule has 1 aliphatic heterocycles. The van der Waals surface area contributed by atoms with E-state index in [-0.39, 0.29) is 17.9 Å². The van der Waals surface area contributed by atoms with Crippen molar-refractivity contribution in [3.63, 3.8) is 0 Å². The molecule has 1 heterocycles. The first-order valence-corrected chi connectivity index (χ1v) is 7.47. The number of carbonyl (C=O) groups excluding carboxylic acids is 2. The maximum Gasteiger partial charge on any atom is 0.244 e. The molecular formula is C14H27N3O3. The Morgan fingerprint density at radius 1 is 1.40 bits per heavy atom. The van der Waals surface area contributed by atoms with E-state index in [1.54, 1.807) is 12.0 Å². The fraction of sp³-hybridized carbons (Fsp3) is 0.857. The second-order valence-corrected chi connectivity index (χ2v) is 5.05. The Kier molecular flexibility index (Phi) is 8.22. The van der Waals surface area contributed by atoms with Crippen LogP contribution in [0.2, 0.25) is 0 Å². The number of methoxy groups -OCH3 is 1. The summed E-state index contributed by atoms with van der Waals surface area (Å²) in [5, 5.41) is 6.05. The van der Waals surface area contributed by atoms with Crippen molar-refractivity contribution >= 4 is 11.8 Å². The van der Waals surface area contributed by atoms with Crippen LogP contribution in [0.5, 0.6) is 0 Å². The maximum atomic E-state index is 12.2. The minimum atomic E-state index is -0.379. The van der Waals surface area contributed by atoms with Crippen molar-refractivity contribution in [1.82, 2.24) is 15.5 Å². The zero-order valence-corrected chi connectivity index (χ0v) is 12.6. The highest BCUT2D eigenvalue weighted by atomic mass is 16.5. The van der Waals surface area contributed by atoms with Gasteiger partial charge in [0.2, 0.25) is 11.8 Å². The predicted octanol–water partition coefficient (Wildman–Crippen LogP) is 0.130. The van der Waals surface area contributed by atoms with Crippen molar-refractivity contribution < 1.29 is 14.3 Å². The highest BCUT2D eigenvalue weighted by molar-refractivity contribution is 5.88. The normalized spacial score (nSPS) is 18.9. The van der Waals surface area contributed by atoms with Gasteiger partial charge in [-0.05, 0) is 12.8 Å². The lowest BCUT2D eigenvalue weighted by molar-refractivity contribution is -0.141. The van der Waals surface area contributed by atoms with Gasteiger partial charge in [0, 0.05) is 46.3 Å². The zero-order valence-electron chi connectivity index (χ0n) is 12.6. The maximum absolute atomic E-state index is 12.2. The number of hydrogen-bond donors (Lipinski definition) is 2. The van der Waals surface area contributed by atoms with Gasteiger partial charge < -0.3 is 20.3 Å². The van der Waals surface area contributed by atoms with E-state index in [0.717, 1.165) is 25.8 Å². The fourth-order valence-electron chi connectivity index (χ4n) is 2.25. The summed E-state index contributed by atoms with van der Waals surface area (Å²) in [6.07, 6.45) is 3.19. The van der Waals surface area contributed by atoms with Crippen molar-refractivity contribution in [2.45, 2.75) is 38.6 Å². The van der Waals surface area contributed by atoms with Crippen LogP contribution in [-0.4, -0.2) is 62.7 Å². The minimum Gasteiger partial charge on any atom is -0.385 e. The highest BCUT2D eigenvalue weighted by Gasteiger charge is 2.31. The van der Waals surface area contributed by atoms with Crippen LogP contribution >= 0.6 is 0 Å². The van der Waals surface area contributed by atoms with E-state index in [1.807, 2.05) is 0 Å². The van der Waals surface area contributed by atoms with Gasteiger partial charge in [-0.1, -0.05) is 13.3 Å². The van der Waals surface area contributed by atoms with Crippen LogP contribution in [-0.2, 0) is 14.3 Å². The van der Waals surface area contributed by atoms with Crippen LogP contribution in [0.25, 0.3) is 0 Å². The number of rotatable bonds is 8. The molecule has 6 heteroatoms.